The van der Waals surface area contributed by atoms with E-state index < -0.39 is 52.6 Å². The van der Waals surface area contributed by atoms with E-state index in [2.05, 4.69) is 5.32 Å². The average molecular weight is 577 g/mol. The number of benzene rings is 3. The molecular formula is C24H18FN2O8PS2. The summed E-state index contributed by atoms with van der Waals surface area (Å²) in [6.07, 6.45) is -0.764. The lowest BCUT2D eigenvalue weighted by molar-refractivity contribution is 0.102. The molecule has 1 amide bonds. The van der Waals surface area contributed by atoms with Gasteiger partial charge in [-0.2, -0.15) is 5.26 Å². The van der Waals surface area contributed by atoms with E-state index in [0.29, 0.717) is 15.8 Å². The number of phenolic OH excluding ortho intramolecular Hbond substituents is 2. The summed E-state index contributed by atoms with van der Waals surface area (Å²) < 4.78 is 57.3. The zero-order valence-electron chi connectivity index (χ0n) is 19.2. The number of phenols is 2. The van der Waals surface area contributed by atoms with Crippen molar-refractivity contribution in [2.45, 2.75) is 4.21 Å². The minimum Gasteiger partial charge on any atom is -0.504 e. The van der Waals surface area contributed by atoms with Crippen LogP contribution in [0.15, 0.2) is 64.9 Å². The maximum atomic E-state index is 13.7. The van der Waals surface area contributed by atoms with Crippen LogP contribution in [0.25, 0.3) is 10.1 Å². The van der Waals surface area contributed by atoms with Crippen LogP contribution < -0.4 is 9.84 Å². The number of nitriles is 1. The number of sulfone groups is 1. The van der Waals surface area contributed by atoms with Gasteiger partial charge in [0.2, 0.25) is 0 Å². The van der Waals surface area contributed by atoms with Crippen molar-refractivity contribution < 1.29 is 41.8 Å². The predicted molar refractivity (Wildman–Crippen MR) is 138 cm³/mol. The molecule has 0 radical (unpaired) electrons. The van der Waals surface area contributed by atoms with Crippen molar-refractivity contribution >= 4 is 50.5 Å². The average Bonchev–Trinajstić information content (AvgIpc) is 3.29. The fraction of sp³-hybridized carbons (Fsp3) is 0.0833. The highest BCUT2D eigenvalue weighted by molar-refractivity contribution is 7.94. The minimum atomic E-state index is -4.48. The van der Waals surface area contributed by atoms with Crippen molar-refractivity contribution in [1.29, 1.82) is 5.26 Å². The number of hydrogen-bond donors (Lipinski definition) is 4. The standard InChI is InChI=1S/C24H18FN2O8PS2/c25-19-12-17(6-4-14(19)13-26)35-36(31,32)8-9-38(33,34)22-11-15-10-16(5-7-21(15)37-22)27-24(30)18-2-1-3-20(28)23(18)29/h1-7,10-12,28-29H,8-9H2,(H,27,30)(H,31,32). The topological polar surface area (TPSA) is 174 Å². The smallest absolute Gasteiger partial charge is 0.377 e. The molecule has 1 aromatic heterocycles. The highest BCUT2D eigenvalue weighted by atomic mass is 32.2. The fourth-order valence-corrected chi connectivity index (χ4v) is 8.08. The van der Waals surface area contributed by atoms with Gasteiger partial charge in [-0.15, -0.1) is 11.3 Å². The maximum Gasteiger partial charge on any atom is 0.377 e. The van der Waals surface area contributed by atoms with Gasteiger partial charge in [0.15, 0.2) is 21.3 Å². The van der Waals surface area contributed by atoms with Crippen molar-refractivity contribution in [3.8, 4) is 23.3 Å². The monoisotopic (exact) mass is 576 g/mol. The number of thiophene rings is 1. The summed E-state index contributed by atoms with van der Waals surface area (Å²) in [7, 11) is -8.49. The molecule has 38 heavy (non-hydrogen) atoms. The van der Waals surface area contributed by atoms with Crippen LogP contribution in [0, 0.1) is 17.1 Å². The molecule has 0 spiro atoms. The molecule has 4 aromatic rings. The molecule has 14 heteroatoms. The second-order valence-corrected chi connectivity index (χ2v) is 13.3. The maximum absolute atomic E-state index is 13.7. The van der Waals surface area contributed by atoms with Gasteiger partial charge in [0.05, 0.1) is 23.0 Å². The third-order valence-corrected chi connectivity index (χ3v) is 10.3. The van der Waals surface area contributed by atoms with Gasteiger partial charge in [0, 0.05) is 16.5 Å². The molecular weight excluding hydrogens is 558 g/mol. The number of rotatable bonds is 8. The molecule has 10 nitrogen and oxygen atoms in total. The Kier molecular flexibility index (Phi) is 7.44. The van der Waals surface area contributed by atoms with E-state index in [-0.39, 0.29) is 21.1 Å². The Bertz CT molecular complexity index is 1770. The SMILES string of the molecule is N#Cc1ccc(OP(=O)(O)CCS(=O)(=O)c2cc3cc(NC(=O)c4cccc(O)c4O)ccc3s2)cc1F. The molecule has 3 aromatic carbocycles. The largest absolute Gasteiger partial charge is 0.504 e. The van der Waals surface area contributed by atoms with Crippen LogP contribution in [-0.4, -0.2) is 41.3 Å². The first kappa shape index (κ1) is 27.1. The van der Waals surface area contributed by atoms with Gasteiger partial charge in [0.1, 0.15) is 21.8 Å². The second kappa shape index (κ2) is 10.4. The lowest BCUT2D eigenvalue weighted by Crippen LogP contribution is -2.12. The van der Waals surface area contributed by atoms with Crippen LogP contribution in [0.2, 0.25) is 0 Å². The molecule has 0 aliphatic rings. The van der Waals surface area contributed by atoms with Gasteiger partial charge in [0.25, 0.3) is 5.91 Å². The second-order valence-electron chi connectivity index (χ2n) is 7.97. The zero-order valence-corrected chi connectivity index (χ0v) is 21.7. The number of hydrogen-bond acceptors (Lipinski definition) is 9. The van der Waals surface area contributed by atoms with Crippen LogP contribution >= 0.6 is 18.9 Å². The van der Waals surface area contributed by atoms with Crippen LogP contribution in [0.5, 0.6) is 17.2 Å². The number of halogens is 1. The van der Waals surface area contributed by atoms with Gasteiger partial charge < -0.3 is 24.9 Å². The fourth-order valence-electron chi connectivity index (χ4n) is 3.35. The van der Waals surface area contributed by atoms with E-state index in [1.54, 1.807) is 12.1 Å². The van der Waals surface area contributed by atoms with Crippen molar-refractivity contribution in [2.24, 2.45) is 0 Å². The van der Waals surface area contributed by atoms with Crippen molar-refractivity contribution in [2.75, 3.05) is 17.2 Å². The van der Waals surface area contributed by atoms with Crippen LogP contribution in [0.3, 0.4) is 0 Å². The quantitative estimate of drug-likeness (QED) is 0.172. The van der Waals surface area contributed by atoms with E-state index in [4.69, 9.17) is 9.79 Å². The molecule has 1 atom stereocenters. The van der Waals surface area contributed by atoms with E-state index >= 15 is 0 Å². The zero-order chi connectivity index (χ0) is 27.7. The first-order chi connectivity index (χ1) is 17.9. The van der Waals surface area contributed by atoms with Gasteiger partial charge in [-0.25, -0.2) is 17.4 Å². The summed E-state index contributed by atoms with van der Waals surface area (Å²) in [5, 5.41) is 31.3. The molecule has 0 bridgehead atoms. The van der Waals surface area contributed by atoms with Gasteiger partial charge in [-0.1, -0.05) is 6.07 Å². The number of carbonyl (C=O) groups excluding carboxylic acids is 1. The summed E-state index contributed by atoms with van der Waals surface area (Å²) in [4.78, 5) is 22.6. The number of nitrogens with zero attached hydrogens (tertiary/aromatic N) is 1. The number of amides is 1. The Morgan fingerprint density at radius 2 is 1.89 bits per heavy atom. The molecule has 4 rings (SSSR count). The normalized spacial score (nSPS) is 13.0. The summed E-state index contributed by atoms with van der Waals surface area (Å²) >= 11 is 0.927. The van der Waals surface area contributed by atoms with Crippen molar-refractivity contribution in [3.05, 3.63) is 77.6 Å². The number of para-hydroxylation sites is 1. The van der Waals surface area contributed by atoms with Gasteiger partial charge in [-0.05, 0) is 53.9 Å². The highest BCUT2D eigenvalue weighted by Crippen LogP contribution is 2.43. The molecule has 1 unspecified atom stereocenters. The lowest BCUT2D eigenvalue weighted by Gasteiger charge is -2.13. The number of anilines is 1. The summed E-state index contributed by atoms with van der Waals surface area (Å²) in [6, 6.07) is 14.5. The van der Waals surface area contributed by atoms with Gasteiger partial charge in [-0.3, -0.25) is 4.79 Å². The first-order valence-electron chi connectivity index (χ1n) is 10.7. The Morgan fingerprint density at radius 1 is 1.13 bits per heavy atom. The number of nitrogens with one attached hydrogen (secondary N) is 1. The molecule has 0 aliphatic carbocycles. The third-order valence-electron chi connectivity index (χ3n) is 5.27. The predicted octanol–water partition coefficient (Wildman–Crippen LogP) is 4.61. The van der Waals surface area contributed by atoms with E-state index in [1.807, 2.05) is 0 Å². The van der Waals surface area contributed by atoms with Gasteiger partial charge >= 0.3 is 7.60 Å². The van der Waals surface area contributed by atoms with Crippen molar-refractivity contribution in [1.82, 2.24) is 0 Å². The summed E-state index contributed by atoms with van der Waals surface area (Å²) in [5.74, 6) is -3.72. The van der Waals surface area contributed by atoms with Crippen LogP contribution in [0.1, 0.15) is 15.9 Å². The van der Waals surface area contributed by atoms with E-state index in [1.165, 1.54) is 36.4 Å². The number of fused-ring (bicyclic) bond motifs is 1. The highest BCUT2D eigenvalue weighted by Gasteiger charge is 2.27. The molecule has 0 fully saturated rings. The molecule has 0 saturated carbocycles. The minimum absolute atomic E-state index is 0.0778. The van der Waals surface area contributed by atoms with E-state index in [9.17, 15) is 37.3 Å². The first-order valence-corrected chi connectivity index (χ1v) is 14.9. The molecule has 4 N–H and O–H groups in total. The van der Waals surface area contributed by atoms with Crippen molar-refractivity contribution in [3.63, 3.8) is 0 Å². The molecule has 196 valence electrons. The third kappa shape index (κ3) is 5.95. The molecule has 1 heterocycles. The Morgan fingerprint density at radius 3 is 2.61 bits per heavy atom. The Balaban J connectivity index is 1.47. The Labute approximate surface area is 219 Å². The number of aromatic hydroxyl groups is 2. The van der Waals surface area contributed by atoms with Crippen LogP contribution in [0.4, 0.5) is 10.1 Å². The molecule has 0 saturated heterocycles. The Hall–Kier alpha value is -3.95. The lowest BCUT2D eigenvalue weighted by atomic mass is 10.1. The van der Waals surface area contributed by atoms with E-state index in [0.717, 1.165) is 29.5 Å². The summed E-state index contributed by atoms with van der Waals surface area (Å²) in [6.45, 7) is 0. The molecule has 0 aliphatic heterocycles. The summed E-state index contributed by atoms with van der Waals surface area (Å²) in [5.41, 5.74) is -0.134. The van der Waals surface area contributed by atoms with Crippen LogP contribution in [-0.2, 0) is 14.4 Å². The number of carbonyl (C=O) groups is 1.